The number of aliphatic hydroxyl groups excluding tert-OH is 1. The van der Waals surface area contributed by atoms with Gasteiger partial charge in [-0.2, -0.15) is 0 Å². The quantitative estimate of drug-likeness (QED) is 0.536. The summed E-state index contributed by atoms with van der Waals surface area (Å²) < 4.78 is 10.3. The van der Waals surface area contributed by atoms with Gasteiger partial charge >= 0.3 is 0 Å². The molecule has 0 aromatic heterocycles. The first-order chi connectivity index (χ1) is 5.91. The highest BCUT2D eigenvalue weighted by Gasteiger charge is 1.89. The minimum Gasteiger partial charge on any atom is -0.396 e. The van der Waals surface area contributed by atoms with E-state index in [-0.39, 0.29) is 19.0 Å². The SMILES string of the molecule is Cl.NCCCOCCOCCCO. The number of halogens is 1. The second-order valence-electron chi connectivity index (χ2n) is 2.44. The minimum absolute atomic E-state index is 0. The summed E-state index contributed by atoms with van der Waals surface area (Å²) in [6, 6.07) is 0. The molecule has 0 aliphatic heterocycles. The second-order valence-corrected chi connectivity index (χ2v) is 2.44. The minimum atomic E-state index is 0. The van der Waals surface area contributed by atoms with Crippen LogP contribution in [-0.2, 0) is 9.47 Å². The van der Waals surface area contributed by atoms with Crippen LogP contribution < -0.4 is 5.73 Å². The summed E-state index contributed by atoms with van der Waals surface area (Å²) in [7, 11) is 0. The van der Waals surface area contributed by atoms with Crippen LogP contribution in [0.15, 0.2) is 0 Å². The van der Waals surface area contributed by atoms with Crippen molar-refractivity contribution in [3.05, 3.63) is 0 Å². The second kappa shape index (κ2) is 14.6. The summed E-state index contributed by atoms with van der Waals surface area (Å²) in [6.45, 7) is 3.39. The van der Waals surface area contributed by atoms with Crippen molar-refractivity contribution in [1.29, 1.82) is 0 Å². The van der Waals surface area contributed by atoms with E-state index >= 15 is 0 Å². The Morgan fingerprint density at radius 3 is 1.92 bits per heavy atom. The molecule has 13 heavy (non-hydrogen) atoms. The molecule has 4 nitrogen and oxygen atoms in total. The molecule has 0 unspecified atom stereocenters. The normalized spacial score (nSPS) is 9.69. The lowest BCUT2D eigenvalue weighted by Crippen LogP contribution is -2.09. The van der Waals surface area contributed by atoms with E-state index in [0.717, 1.165) is 6.42 Å². The zero-order chi connectivity index (χ0) is 9.07. The maximum absolute atomic E-state index is 8.41. The van der Waals surface area contributed by atoms with E-state index in [9.17, 15) is 0 Å². The lowest BCUT2D eigenvalue weighted by molar-refractivity contribution is 0.0423. The summed E-state index contributed by atoms with van der Waals surface area (Å²) in [5, 5.41) is 8.41. The van der Waals surface area contributed by atoms with E-state index in [0.29, 0.717) is 39.4 Å². The molecule has 3 N–H and O–H groups in total. The van der Waals surface area contributed by atoms with Crippen molar-refractivity contribution in [1.82, 2.24) is 0 Å². The van der Waals surface area contributed by atoms with Crippen LogP contribution in [-0.4, -0.2) is 44.7 Å². The van der Waals surface area contributed by atoms with E-state index in [1.54, 1.807) is 0 Å². The van der Waals surface area contributed by atoms with E-state index in [1.807, 2.05) is 0 Å². The molecule has 0 heterocycles. The van der Waals surface area contributed by atoms with Gasteiger partial charge in [-0.3, -0.25) is 0 Å². The predicted octanol–water partition coefficient (Wildman–Crippen LogP) is 0.173. The Morgan fingerprint density at radius 1 is 0.923 bits per heavy atom. The molecule has 0 bridgehead atoms. The van der Waals surface area contributed by atoms with Gasteiger partial charge < -0.3 is 20.3 Å². The molecule has 0 saturated heterocycles. The van der Waals surface area contributed by atoms with Crippen molar-refractivity contribution in [3.8, 4) is 0 Å². The molecule has 0 atom stereocenters. The summed E-state index contributed by atoms with van der Waals surface area (Å²) in [5.41, 5.74) is 5.27. The highest BCUT2D eigenvalue weighted by molar-refractivity contribution is 5.85. The van der Waals surface area contributed by atoms with Crippen molar-refractivity contribution >= 4 is 12.4 Å². The van der Waals surface area contributed by atoms with Gasteiger partial charge in [-0.25, -0.2) is 0 Å². The molecule has 0 amide bonds. The monoisotopic (exact) mass is 213 g/mol. The van der Waals surface area contributed by atoms with Crippen LogP contribution in [0, 0.1) is 0 Å². The average Bonchev–Trinajstić information content (AvgIpc) is 2.10. The van der Waals surface area contributed by atoms with Crippen LogP contribution in [0.1, 0.15) is 12.8 Å². The number of aliphatic hydroxyl groups is 1. The van der Waals surface area contributed by atoms with E-state index < -0.39 is 0 Å². The molecular weight excluding hydrogens is 194 g/mol. The fourth-order valence-electron chi connectivity index (χ4n) is 0.674. The van der Waals surface area contributed by atoms with E-state index in [4.69, 9.17) is 20.3 Å². The standard InChI is InChI=1S/C8H19NO3.ClH/c9-3-1-5-11-7-8-12-6-2-4-10;/h10H,1-9H2;1H. The fourth-order valence-corrected chi connectivity index (χ4v) is 0.674. The molecule has 0 radical (unpaired) electrons. The third-order valence-electron chi connectivity index (χ3n) is 1.31. The first kappa shape index (κ1) is 15.6. The van der Waals surface area contributed by atoms with Gasteiger partial charge in [-0.1, -0.05) is 0 Å². The van der Waals surface area contributed by atoms with Gasteiger partial charge in [0.25, 0.3) is 0 Å². The first-order valence-electron chi connectivity index (χ1n) is 4.38. The van der Waals surface area contributed by atoms with Crippen molar-refractivity contribution < 1.29 is 14.6 Å². The van der Waals surface area contributed by atoms with Crippen molar-refractivity contribution in [2.24, 2.45) is 5.73 Å². The highest BCUT2D eigenvalue weighted by atomic mass is 35.5. The molecule has 0 aromatic carbocycles. The average molecular weight is 214 g/mol. The Kier molecular flexibility index (Phi) is 17.6. The molecule has 0 aliphatic rings. The fraction of sp³-hybridized carbons (Fsp3) is 1.00. The summed E-state index contributed by atoms with van der Waals surface area (Å²) >= 11 is 0. The number of rotatable bonds is 9. The van der Waals surface area contributed by atoms with Crippen molar-refractivity contribution in [2.45, 2.75) is 12.8 Å². The Labute approximate surface area is 85.8 Å². The lowest BCUT2D eigenvalue weighted by atomic mass is 10.5. The number of hydrogen-bond acceptors (Lipinski definition) is 4. The molecular formula is C8H20ClNO3. The summed E-state index contributed by atoms with van der Waals surface area (Å²) in [6.07, 6.45) is 1.60. The molecule has 5 heteroatoms. The third-order valence-corrected chi connectivity index (χ3v) is 1.31. The predicted molar refractivity (Wildman–Crippen MR) is 54.3 cm³/mol. The smallest absolute Gasteiger partial charge is 0.0700 e. The highest BCUT2D eigenvalue weighted by Crippen LogP contribution is 1.83. The Balaban J connectivity index is 0. The molecule has 0 fully saturated rings. The Hall–Kier alpha value is 0.130. The van der Waals surface area contributed by atoms with Gasteiger partial charge in [0, 0.05) is 19.8 Å². The zero-order valence-electron chi connectivity index (χ0n) is 7.91. The van der Waals surface area contributed by atoms with Gasteiger partial charge in [0.2, 0.25) is 0 Å². The van der Waals surface area contributed by atoms with Gasteiger partial charge in [-0.15, -0.1) is 12.4 Å². The third kappa shape index (κ3) is 14.9. The molecule has 0 aromatic rings. The van der Waals surface area contributed by atoms with E-state index in [1.165, 1.54) is 0 Å². The van der Waals surface area contributed by atoms with Crippen LogP contribution in [0.4, 0.5) is 0 Å². The number of ether oxygens (including phenoxy) is 2. The molecule has 0 aliphatic carbocycles. The number of nitrogens with two attached hydrogens (primary N) is 1. The van der Waals surface area contributed by atoms with Gasteiger partial charge in [-0.05, 0) is 19.4 Å². The maximum atomic E-state index is 8.41. The van der Waals surface area contributed by atoms with Crippen molar-refractivity contribution in [3.63, 3.8) is 0 Å². The lowest BCUT2D eigenvalue weighted by Gasteiger charge is -2.03. The zero-order valence-corrected chi connectivity index (χ0v) is 8.72. The van der Waals surface area contributed by atoms with Gasteiger partial charge in [0.05, 0.1) is 13.2 Å². The number of hydrogen-bond donors (Lipinski definition) is 2. The Bertz CT molecular complexity index is 75.8. The molecule has 82 valence electrons. The Morgan fingerprint density at radius 2 is 1.46 bits per heavy atom. The van der Waals surface area contributed by atoms with Crippen LogP contribution in [0.25, 0.3) is 0 Å². The first-order valence-corrected chi connectivity index (χ1v) is 4.38. The topological polar surface area (TPSA) is 64.7 Å². The van der Waals surface area contributed by atoms with Crippen LogP contribution in [0.2, 0.25) is 0 Å². The largest absolute Gasteiger partial charge is 0.396 e. The summed E-state index contributed by atoms with van der Waals surface area (Å²) in [4.78, 5) is 0. The maximum Gasteiger partial charge on any atom is 0.0700 e. The summed E-state index contributed by atoms with van der Waals surface area (Å²) in [5.74, 6) is 0. The molecule has 0 spiro atoms. The molecule has 0 saturated carbocycles. The van der Waals surface area contributed by atoms with Gasteiger partial charge in [0.15, 0.2) is 0 Å². The van der Waals surface area contributed by atoms with Crippen LogP contribution in [0.5, 0.6) is 0 Å². The van der Waals surface area contributed by atoms with Crippen molar-refractivity contribution in [2.75, 3.05) is 39.6 Å². The van der Waals surface area contributed by atoms with Crippen LogP contribution >= 0.6 is 12.4 Å². The molecule has 0 rings (SSSR count). The van der Waals surface area contributed by atoms with Gasteiger partial charge in [0.1, 0.15) is 0 Å². The van der Waals surface area contributed by atoms with E-state index in [2.05, 4.69) is 0 Å². The van der Waals surface area contributed by atoms with Crippen LogP contribution in [0.3, 0.4) is 0 Å².